The van der Waals surface area contributed by atoms with Gasteiger partial charge in [0.25, 0.3) is 0 Å². The van der Waals surface area contributed by atoms with Crippen molar-refractivity contribution in [3.63, 3.8) is 0 Å². The lowest BCUT2D eigenvalue weighted by Gasteiger charge is -2.34. The van der Waals surface area contributed by atoms with Gasteiger partial charge >= 0.3 is 0 Å². The van der Waals surface area contributed by atoms with Gasteiger partial charge < -0.3 is 10.6 Å². The minimum absolute atomic E-state index is 0.728. The molecule has 0 aliphatic heterocycles. The first-order valence-corrected chi connectivity index (χ1v) is 7.18. The third kappa shape index (κ3) is 3.26. The second-order valence-corrected chi connectivity index (χ2v) is 5.76. The van der Waals surface area contributed by atoms with Crippen LogP contribution < -0.4 is 10.6 Å². The van der Waals surface area contributed by atoms with Gasteiger partial charge in [0.15, 0.2) is 0 Å². The van der Waals surface area contributed by atoms with Gasteiger partial charge in [0.1, 0.15) is 0 Å². The molecular weight excluding hydrogens is 220 g/mol. The molecule has 2 heteroatoms. The van der Waals surface area contributed by atoms with Gasteiger partial charge in [0.05, 0.1) is 0 Å². The molecule has 2 rings (SSSR count). The van der Waals surface area contributed by atoms with Gasteiger partial charge in [-0.15, -0.1) is 0 Å². The van der Waals surface area contributed by atoms with Crippen LogP contribution in [0.15, 0.2) is 24.3 Å². The first kappa shape index (κ1) is 13.4. The van der Waals surface area contributed by atoms with Crippen molar-refractivity contribution in [3.8, 4) is 0 Å². The molecule has 2 nitrogen and oxygen atoms in total. The fourth-order valence-electron chi connectivity index (χ4n) is 3.16. The van der Waals surface area contributed by atoms with Crippen LogP contribution in [-0.2, 0) is 0 Å². The molecule has 18 heavy (non-hydrogen) atoms. The van der Waals surface area contributed by atoms with E-state index in [1.165, 1.54) is 36.9 Å². The third-order valence-electron chi connectivity index (χ3n) is 4.32. The molecule has 2 N–H and O–H groups in total. The zero-order valence-corrected chi connectivity index (χ0v) is 11.7. The van der Waals surface area contributed by atoms with Crippen LogP contribution in [0.3, 0.4) is 0 Å². The van der Waals surface area contributed by atoms with E-state index in [9.17, 15) is 0 Å². The molecule has 0 radical (unpaired) electrons. The van der Waals surface area contributed by atoms with Crippen LogP contribution in [0, 0.1) is 18.8 Å². The number of nitrogens with two attached hydrogens (primary N) is 1. The number of anilines is 1. The maximum atomic E-state index is 5.91. The number of hydrogen-bond donors (Lipinski definition) is 1. The lowest BCUT2D eigenvalue weighted by molar-refractivity contribution is 0.248. The zero-order valence-electron chi connectivity index (χ0n) is 11.7. The van der Waals surface area contributed by atoms with E-state index in [0.717, 1.165) is 24.9 Å². The van der Waals surface area contributed by atoms with Crippen LogP contribution in [0.25, 0.3) is 0 Å². The third-order valence-corrected chi connectivity index (χ3v) is 4.32. The molecule has 0 heterocycles. The average Bonchev–Trinajstić information content (AvgIpc) is 2.39. The number of aryl methyl sites for hydroxylation is 1. The normalized spacial score (nSPS) is 23.9. The number of nitrogens with zero attached hydrogens (tertiary/aromatic N) is 1. The molecular formula is C16H26N2. The van der Waals surface area contributed by atoms with E-state index in [4.69, 9.17) is 5.73 Å². The Labute approximate surface area is 111 Å². The summed E-state index contributed by atoms with van der Waals surface area (Å²) in [5, 5.41) is 0. The van der Waals surface area contributed by atoms with Crippen molar-refractivity contribution in [2.75, 3.05) is 25.0 Å². The highest BCUT2D eigenvalue weighted by Gasteiger charge is 2.24. The van der Waals surface area contributed by atoms with Crippen molar-refractivity contribution in [2.24, 2.45) is 17.6 Å². The molecule has 1 saturated carbocycles. The smallest absolute Gasteiger partial charge is 0.0366 e. The van der Waals surface area contributed by atoms with Crippen molar-refractivity contribution in [1.82, 2.24) is 0 Å². The van der Waals surface area contributed by atoms with Gasteiger partial charge in [-0.25, -0.2) is 0 Å². The van der Waals surface area contributed by atoms with Gasteiger partial charge in [-0.2, -0.15) is 0 Å². The minimum atomic E-state index is 0.728. The van der Waals surface area contributed by atoms with Gasteiger partial charge in [0.2, 0.25) is 0 Å². The fourth-order valence-corrected chi connectivity index (χ4v) is 3.16. The Morgan fingerprint density at radius 3 is 2.61 bits per heavy atom. The van der Waals surface area contributed by atoms with Crippen molar-refractivity contribution >= 4 is 5.69 Å². The van der Waals surface area contributed by atoms with E-state index in [-0.39, 0.29) is 0 Å². The maximum absolute atomic E-state index is 5.91. The highest BCUT2D eigenvalue weighted by atomic mass is 15.1. The summed E-state index contributed by atoms with van der Waals surface area (Å²) in [6.45, 7) is 4.15. The molecule has 0 saturated heterocycles. The van der Waals surface area contributed by atoms with E-state index in [2.05, 4.69) is 43.1 Å². The molecule has 1 aromatic rings. The van der Waals surface area contributed by atoms with Crippen molar-refractivity contribution < 1.29 is 0 Å². The standard InChI is InChI=1S/C16H26N2/c1-13-6-5-9-16(10-13)18(2)12-15-8-4-3-7-14(15)11-17/h5-6,9-10,14-15H,3-4,7-8,11-12,17H2,1-2H3. The lowest BCUT2D eigenvalue weighted by atomic mass is 9.79. The largest absolute Gasteiger partial charge is 0.374 e. The SMILES string of the molecule is Cc1cccc(N(C)CC2CCCCC2CN)c1. The van der Waals surface area contributed by atoms with E-state index in [1.807, 2.05) is 0 Å². The number of benzene rings is 1. The Balaban J connectivity index is 1.99. The van der Waals surface area contributed by atoms with Crippen molar-refractivity contribution in [2.45, 2.75) is 32.6 Å². The molecule has 2 atom stereocenters. The van der Waals surface area contributed by atoms with Crippen LogP contribution >= 0.6 is 0 Å². The van der Waals surface area contributed by atoms with Gasteiger partial charge in [-0.1, -0.05) is 25.0 Å². The Hall–Kier alpha value is -1.02. The summed E-state index contributed by atoms with van der Waals surface area (Å²) in [4.78, 5) is 2.39. The predicted molar refractivity (Wildman–Crippen MR) is 79.0 cm³/mol. The monoisotopic (exact) mass is 246 g/mol. The van der Waals surface area contributed by atoms with Gasteiger partial charge in [-0.05, 0) is 55.8 Å². The maximum Gasteiger partial charge on any atom is 0.0366 e. The number of hydrogen-bond acceptors (Lipinski definition) is 2. The zero-order chi connectivity index (χ0) is 13.0. The van der Waals surface area contributed by atoms with Gasteiger partial charge in [0, 0.05) is 19.3 Å². The van der Waals surface area contributed by atoms with Crippen LogP contribution in [0.5, 0.6) is 0 Å². The van der Waals surface area contributed by atoms with Crippen molar-refractivity contribution in [1.29, 1.82) is 0 Å². The second kappa shape index (κ2) is 6.24. The summed E-state index contributed by atoms with van der Waals surface area (Å²) < 4.78 is 0. The van der Waals surface area contributed by atoms with Crippen LogP contribution in [0.2, 0.25) is 0 Å². The van der Waals surface area contributed by atoms with E-state index in [0.29, 0.717) is 0 Å². The summed E-state index contributed by atoms with van der Waals surface area (Å²) >= 11 is 0. The summed E-state index contributed by atoms with van der Waals surface area (Å²) in [6.07, 6.45) is 5.41. The first-order chi connectivity index (χ1) is 8.70. The van der Waals surface area contributed by atoms with Crippen molar-refractivity contribution in [3.05, 3.63) is 29.8 Å². The highest BCUT2D eigenvalue weighted by Crippen LogP contribution is 2.30. The molecule has 1 fully saturated rings. The average molecular weight is 246 g/mol. The molecule has 2 unspecified atom stereocenters. The predicted octanol–water partition coefficient (Wildman–Crippen LogP) is 3.20. The molecule has 1 aliphatic rings. The number of rotatable bonds is 4. The molecule has 0 aromatic heterocycles. The first-order valence-electron chi connectivity index (χ1n) is 7.18. The van der Waals surface area contributed by atoms with E-state index >= 15 is 0 Å². The Morgan fingerprint density at radius 1 is 1.22 bits per heavy atom. The van der Waals surface area contributed by atoms with Crippen LogP contribution in [-0.4, -0.2) is 20.1 Å². The minimum Gasteiger partial charge on any atom is -0.374 e. The molecule has 0 spiro atoms. The second-order valence-electron chi connectivity index (χ2n) is 5.76. The molecule has 100 valence electrons. The molecule has 0 amide bonds. The summed E-state index contributed by atoms with van der Waals surface area (Å²) in [5.74, 6) is 1.50. The summed E-state index contributed by atoms with van der Waals surface area (Å²) in [7, 11) is 2.21. The topological polar surface area (TPSA) is 29.3 Å². The van der Waals surface area contributed by atoms with E-state index in [1.54, 1.807) is 0 Å². The highest BCUT2D eigenvalue weighted by molar-refractivity contribution is 5.47. The molecule has 0 bridgehead atoms. The Bertz CT molecular complexity index is 375. The van der Waals surface area contributed by atoms with Crippen LogP contribution in [0.4, 0.5) is 5.69 Å². The van der Waals surface area contributed by atoms with Gasteiger partial charge in [-0.3, -0.25) is 0 Å². The van der Waals surface area contributed by atoms with E-state index < -0.39 is 0 Å². The summed E-state index contributed by atoms with van der Waals surface area (Å²) in [5.41, 5.74) is 8.58. The van der Waals surface area contributed by atoms with Crippen LogP contribution in [0.1, 0.15) is 31.2 Å². The Morgan fingerprint density at radius 2 is 1.94 bits per heavy atom. The fraction of sp³-hybridized carbons (Fsp3) is 0.625. The quantitative estimate of drug-likeness (QED) is 0.884. The summed E-state index contributed by atoms with van der Waals surface area (Å²) in [6, 6.07) is 8.76. The lowest BCUT2D eigenvalue weighted by Crippen LogP contribution is -2.35. The molecule has 1 aromatic carbocycles. The Kier molecular flexibility index (Phi) is 4.65. The molecule has 1 aliphatic carbocycles.